The monoisotopic (exact) mass is 400 g/mol. The number of fused-ring (bicyclic) bond motifs is 1. The number of ether oxygens (including phenoxy) is 1. The van der Waals surface area contributed by atoms with E-state index in [0.717, 1.165) is 16.8 Å². The van der Waals surface area contributed by atoms with E-state index in [-0.39, 0.29) is 5.91 Å². The Labute approximate surface area is 175 Å². The van der Waals surface area contributed by atoms with Crippen molar-refractivity contribution < 1.29 is 9.53 Å². The molecule has 0 bridgehead atoms. The number of para-hydroxylation sites is 1. The third-order valence-electron chi connectivity index (χ3n) is 5.15. The van der Waals surface area contributed by atoms with Crippen molar-refractivity contribution in [1.29, 1.82) is 0 Å². The topological polar surface area (TPSA) is 59.7 Å². The molecule has 6 nitrogen and oxygen atoms in total. The summed E-state index contributed by atoms with van der Waals surface area (Å²) in [6, 6.07) is 21.3. The molecular formula is C24H24N4O2. The molecule has 152 valence electrons. The van der Waals surface area contributed by atoms with Crippen LogP contribution in [-0.4, -0.2) is 45.6 Å². The van der Waals surface area contributed by atoms with Crippen LogP contribution in [0.25, 0.3) is 28.2 Å². The van der Waals surface area contributed by atoms with Gasteiger partial charge in [0.05, 0.1) is 18.5 Å². The Balaban J connectivity index is 1.95. The summed E-state index contributed by atoms with van der Waals surface area (Å²) in [4.78, 5) is 19.9. The van der Waals surface area contributed by atoms with Gasteiger partial charge >= 0.3 is 0 Å². The lowest BCUT2D eigenvalue weighted by molar-refractivity contribution is 0.0764. The highest BCUT2D eigenvalue weighted by atomic mass is 16.5. The van der Waals surface area contributed by atoms with E-state index in [1.165, 1.54) is 0 Å². The predicted molar refractivity (Wildman–Crippen MR) is 118 cm³/mol. The van der Waals surface area contributed by atoms with Gasteiger partial charge in [-0.05, 0) is 32.0 Å². The molecule has 4 aromatic rings. The standard InChI is InChI=1S/C24H24N4O2/c1-4-27(5-2)24(29)21-15-20(18-13-9-10-14-22(18)30-3)25-23-16-19(26-28(21)23)17-11-7-6-8-12-17/h6-16H,4-5H2,1-3H3. The Morgan fingerprint density at radius 3 is 2.37 bits per heavy atom. The Morgan fingerprint density at radius 1 is 0.967 bits per heavy atom. The number of hydrogen-bond acceptors (Lipinski definition) is 4. The zero-order valence-electron chi connectivity index (χ0n) is 17.4. The summed E-state index contributed by atoms with van der Waals surface area (Å²) < 4.78 is 7.16. The van der Waals surface area contributed by atoms with Crippen LogP contribution < -0.4 is 4.74 Å². The fourth-order valence-corrected chi connectivity index (χ4v) is 3.54. The number of rotatable bonds is 6. The maximum atomic E-state index is 13.3. The largest absolute Gasteiger partial charge is 0.496 e. The van der Waals surface area contributed by atoms with Gasteiger partial charge in [0.2, 0.25) is 0 Å². The highest BCUT2D eigenvalue weighted by molar-refractivity contribution is 5.94. The van der Waals surface area contributed by atoms with Gasteiger partial charge in [0.25, 0.3) is 5.91 Å². The zero-order valence-corrected chi connectivity index (χ0v) is 17.4. The molecule has 0 radical (unpaired) electrons. The minimum atomic E-state index is -0.0775. The molecule has 0 aliphatic carbocycles. The summed E-state index contributed by atoms with van der Waals surface area (Å²) in [6.07, 6.45) is 0. The Morgan fingerprint density at radius 2 is 1.67 bits per heavy atom. The van der Waals surface area contributed by atoms with Crippen molar-refractivity contribution >= 4 is 11.6 Å². The number of hydrogen-bond donors (Lipinski definition) is 0. The molecule has 2 aromatic carbocycles. The van der Waals surface area contributed by atoms with Crippen LogP contribution in [0.15, 0.2) is 66.7 Å². The van der Waals surface area contributed by atoms with Gasteiger partial charge in [0.1, 0.15) is 11.4 Å². The molecule has 6 heteroatoms. The van der Waals surface area contributed by atoms with Crippen LogP contribution in [0.2, 0.25) is 0 Å². The number of benzene rings is 2. The Bertz CT molecular complexity index is 1180. The molecule has 2 aromatic heterocycles. The molecule has 0 unspecified atom stereocenters. The quantitative estimate of drug-likeness (QED) is 0.476. The van der Waals surface area contributed by atoms with Crippen LogP contribution in [0.3, 0.4) is 0 Å². The van der Waals surface area contributed by atoms with Crippen LogP contribution in [-0.2, 0) is 0 Å². The van der Waals surface area contributed by atoms with E-state index >= 15 is 0 Å². The van der Waals surface area contributed by atoms with E-state index in [1.807, 2.05) is 74.5 Å². The molecule has 4 rings (SSSR count). The minimum absolute atomic E-state index is 0.0775. The van der Waals surface area contributed by atoms with Gasteiger partial charge < -0.3 is 9.64 Å². The minimum Gasteiger partial charge on any atom is -0.496 e. The van der Waals surface area contributed by atoms with E-state index in [1.54, 1.807) is 22.6 Å². The normalized spacial score (nSPS) is 10.9. The van der Waals surface area contributed by atoms with Crippen molar-refractivity contribution in [3.8, 4) is 28.3 Å². The lowest BCUT2D eigenvalue weighted by Gasteiger charge is -2.19. The predicted octanol–water partition coefficient (Wildman–Crippen LogP) is 4.55. The summed E-state index contributed by atoms with van der Waals surface area (Å²) in [6.45, 7) is 5.19. The smallest absolute Gasteiger partial charge is 0.272 e. The molecular weight excluding hydrogens is 376 g/mol. The molecule has 1 amide bonds. The van der Waals surface area contributed by atoms with Crippen LogP contribution >= 0.6 is 0 Å². The second-order valence-corrected chi connectivity index (χ2v) is 6.87. The van der Waals surface area contributed by atoms with E-state index in [2.05, 4.69) is 0 Å². The molecule has 0 aliphatic heterocycles. The molecule has 0 N–H and O–H groups in total. The average molecular weight is 400 g/mol. The zero-order chi connectivity index (χ0) is 21.1. The van der Waals surface area contributed by atoms with Gasteiger partial charge in [-0.1, -0.05) is 42.5 Å². The molecule has 0 atom stereocenters. The summed E-state index contributed by atoms with van der Waals surface area (Å²) in [5, 5.41) is 4.71. The van der Waals surface area contributed by atoms with Crippen LogP contribution in [0, 0.1) is 0 Å². The Kier molecular flexibility index (Phi) is 5.48. The summed E-state index contributed by atoms with van der Waals surface area (Å²) in [5.41, 5.74) is 4.35. The van der Waals surface area contributed by atoms with Gasteiger partial charge in [-0.25, -0.2) is 9.50 Å². The van der Waals surface area contributed by atoms with Crippen molar-refractivity contribution in [3.63, 3.8) is 0 Å². The van der Waals surface area contributed by atoms with E-state index in [9.17, 15) is 4.79 Å². The van der Waals surface area contributed by atoms with Gasteiger partial charge in [-0.2, -0.15) is 5.10 Å². The molecule has 30 heavy (non-hydrogen) atoms. The van der Waals surface area contributed by atoms with Crippen molar-refractivity contribution in [1.82, 2.24) is 19.5 Å². The summed E-state index contributed by atoms with van der Waals surface area (Å²) in [7, 11) is 1.63. The average Bonchev–Trinajstić information content (AvgIpc) is 3.24. The number of amides is 1. The van der Waals surface area contributed by atoms with Crippen molar-refractivity contribution in [2.24, 2.45) is 0 Å². The third-order valence-corrected chi connectivity index (χ3v) is 5.15. The van der Waals surface area contributed by atoms with Crippen molar-refractivity contribution in [2.75, 3.05) is 20.2 Å². The van der Waals surface area contributed by atoms with Crippen molar-refractivity contribution in [3.05, 3.63) is 72.4 Å². The molecule has 0 spiro atoms. The fourth-order valence-electron chi connectivity index (χ4n) is 3.54. The number of carbonyl (C=O) groups excluding carboxylic acids is 1. The second kappa shape index (κ2) is 8.37. The van der Waals surface area contributed by atoms with Crippen LogP contribution in [0.5, 0.6) is 5.75 Å². The van der Waals surface area contributed by atoms with E-state index in [0.29, 0.717) is 35.9 Å². The molecule has 2 heterocycles. The molecule has 0 aliphatic rings. The number of carbonyl (C=O) groups is 1. The third kappa shape index (κ3) is 3.52. The maximum absolute atomic E-state index is 13.3. The van der Waals surface area contributed by atoms with Crippen molar-refractivity contribution in [2.45, 2.75) is 13.8 Å². The highest BCUT2D eigenvalue weighted by Crippen LogP contribution is 2.30. The summed E-state index contributed by atoms with van der Waals surface area (Å²) in [5.74, 6) is 0.629. The van der Waals surface area contributed by atoms with Gasteiger partial charge in [0, 0.05) is 30.3 Å². The molecule has 0 saturated carbocycles. The van der Waals surface area contributed by atoms with Gasteiger partial charge in [-0.3, -0.25) is 4.79 Å². The SMILES string of the molecule is CCN(CC)C(=O)c1cc(-c2ccccc2OC)nc2cc(-c3ccccc3)nn12. The van der Waals surface area contributed by atoms with Gasteiger partial charge in [-0.15, -0.1) is 0 Å². The van der Waals surface area contributed by atoms with Gasteiger partial charge in [0.15, 0.2) is 5.65 Å². The molecule has 0 saturated heterocycles. The molecule has 0 fully saturated rings. The van der Waals surface area contributed by atoms with Crippen LogP contribution in [0.1, 0.15) is 24.3 Å². The first-order valence-electron chi connectivity index (χ1n) is 10.0. The van der Waals surface area contributed by atoms with Crippen LogP contribution in [0.4, 0.5) is 0 Å². The fraction of sp³-hybridized carbons (Fsp3) is 0.208. The summed E-state index contributed by atoms with van der Waals surface area (Å²) >= 11 is 0. The van der Waals surface area contributed by atoms with E-state index < -0.39 is 0 Å². The highest BCUT2D eigenvalue weighted by Gasteiger charge is 2.21. The lowest BCUT2D eigenvalue weighted by atomic mass is 10.1. The van der Waals surface area contributed by atoms with E-state index in [4.69, 9.17) is 14.8 Å². The first-order valence-corrected chi connectivity index (χ1v) is 10.0. The number of methoxy groups -OCH3 is 1. The second-order valence-electron chi connectivity index (χ2n) is 6.87. The number of aromatic nitrogens is 3. The number of nitrogens with zero attached hydrogens (tertiary/aromatic N) is 4. The maximum Gasteiger partial charge on any atom is 0.272 e. The first kappa shape index (κ1) is 19.6. The first-order chi connectivity index (χ1) is 14.7. The lowest BCUT2D eigenvalue weighted by Crippen LogP contribution is -2.32. The Hall–Kier alpha value is -3.67.